The van der Waals surface area contributed by atoms with Crippen LogP contribution in [0.3, 0.4) is 0 Å². The number of hydrogen-bond donors (Lipinski definition) is 1. The van der Waals surface area contributed by atoms with E-state index in [9.17, 15) is 4.79 Å². The van der Waals surface area contributed by atoms with Crippen molar-refractivity contribution < 1.29 is 4.42 Å². The smallest absolute Gasteiger partial charge is 0.408 e. The van der Waals surface area contributed by atoms with Gasteiger partial charge in [-0.25, -0.2) is 4.79 Å². The number of aryl methyl sites for hydroxylation is 1. The molecule has 1 atom stereocenters. The molecule has 0 aliphatic carbocycles. The van der Waals surface area contributed by atoms with Crippen molar-refractivity contribution in [3.8, 4) is 0 Å². The van der Waals surface area contributed by atoms with Gasteiger partial charge < -0.3 is 9.73 Å². The van der Waals surface area contributed by atoms with Crippen LogP contribution >= 0.6 is 0 Å². The van der Waals surface area contributed by atoms with E-state index in [-0.39, 0.29) is 5.76 Å². The molecule has 0 spiro atoms. The van der Waals surface area contributed by atoms with Gasteiger partial charge in [0, 0.05) is 13.1 Å². The first-order valence-electron chi connectivity index (χ1n) is 6.50. The molecule has 2 rings (SSSR count). The standard InChI is InChI=1S/C14H20N2O2/c1-4-6-11(15-5-2)10-7-8-12-13(9-10)18-14(17)16(12)3/h7-9,11,15H,4-6H2,1-3H3. The van der Waals surface area contributed by atoms with E-state index in [1.54, 1.807) is 7.05 Å². The summed E-state index contributed by atoms with van der Waals surface area (Å²) >= 11 is 0. The molecule has 0 saturated carbocycles. The molecular formula is C14H20N2O2. The summed E-state index contributed by atoms with van der Waals surface area (Å²) in [4.78, 5) is 11.5. The van der Waals surface area contributed by atoms with Gasteiger partial charge in [-0.2, -0.15) is 0 Å². The minimum absolute atomic E-state index is 0.308. The third kappa shape index (κ3) is 2.34. The fourth-order valence-corrected chi connectivity index (χ4v) is 2.29. The van der Waals surface area contributed by atoms with E-state index in [0.717, 1.165) is 24.9 Å². The summed E-state index contributed by atoms with van der Waals surface area (Å²) in [5.41, 5.74) is 2.69. The van der Waals surface area contributed by atoms with Crippen LogP contribution in [0.1, 0.15) is 38.3 Å². The van der Waals surface area contributed by atoms with Crippen molar-refractivity contribution in [2.45, 2.75) is 32.7 Å². The van der Waals surface area contributed by atoms with E-state index in [4.69, 9.17) is 4.42 Å². The Morgan fingerprint density at radius 1 is 1.39 bits per heavy atom. The molecule has 18 heavy (non-hydrogen) atoms. The number of hydrogen-bond acceptors (Lipinski definition) is 3. The predicted octanol–water partition coefficient (Wildman–Crippen LogP) is 2.58. The Morgan fingerprint density at radius 2 is 2.17 bits per heavy atom. The molecule has 0 bridgehead atoms. The largest absolute Gasteiger partial charge is 0.419 e. The highest BCUT2D eigenvalue weighted by molar-refractivity contribution is 5.73. The van der Waals surface area contributed by atoms with E-state index >= 15 is 0 Å². The van der Waals surface area contributed by atoms with Crippen molar-refractivity contribution in [3.63, 3.8) is 0 Å². The second-order valence-electron chi connectivity index (χ2n) is 4.55. The summed E-state index contributed by atoms with van der Waals surface area (Å²) in [6, 6.07) is 6.32. The van der Waals surface area contributed by atoms with Gasteiger partial charge in [0.05, 0.1) is 5.52 Å². The van der Waals surface area contributed by atoms with E-state index in [1.165, 1.54) is 10.1 Å². The molecule has 1 aromatic heterocycles. The van der Waals surface area contributed by atoms with Crippen LogP contribution in [0, 0.1) is 0 Å². The van der Waals surface area contributed by atoms with Crippen molar-refractivity contribution in [2.75, 3.05) is 6.54 Å². The highest BCUT2D eigenvalue weighted by Crippen LogP contribution is 2.22. The lowest BCUT2D eigenvalue weighted by Gasteiger charge is -2.17. The second kappa shape index (κ2) is 5.40. The zero-order chi connectivity index (χ0) is 13.1. The van der Waals surface area contributed by atoms with Crippen molar-refractivity contribution in [3.05, 3.63) is 34.3 Å². The van der Waals surface area contributed by atoms with Crippen LogP contribution in [0.2, 0.25) is 0 Å². The van der Waals surface area contributed by atoms with Gasteiger partial charge in [0.2, 0.25) is 0 Å². The zero-order valence-electron chi connectivity index (χ0n) is 11.2. The highest BCUT2D eigenvalue weighted by atomic mass is 16.4. The van der Waals surface area contributed by atoms with Crippen molar-refractivity contribution in [1.29, 1.82) is 0 Å². The Morgan fingerprint density at radius 3 is 2.83 bits per heavy atom. The Bertz CT molecular complexity index is 577. The molecule has 0 aliphatic heterocycles. The lowest BCUT2D eigenvalue weighted by atomic mass is 10.0. The van der Waals surface area contributed by atoms with Gasteiger partial charge in [-0.05, 0) is 30.7 Å². The lowest BCUT2D eigenvalue weighted by molar-refractivity contribution is 0.506. The van der Waals surface area contributed by atoms with Gasteiger partial charge in [-0.3, -0.25) is 4.57 Å². The lowest BCUT2D eigenvalue weighted by Crippen LogP contribution is -2.20. The molecule has 98 valence electrons. The molecular weight excluding hydrogens is 228 g/mol. The predicted molar refractivity (Wildman–Crippen MR) is 72.8 cm³/mol. The van der Waals surface area contributed by atoms with Gasteiger partial charge in [-0.15, -0.1) is 0 Å². The Kier molecular flexibility index (Phi) is 3.87. The van der Waals surface area contributed by atoms with E-state index in [1.807, 2.05) is 12.1 Å². The maximum absolute atomic E-state index is 11.5. The molecule has 1 N–H and O–H groups in total. The molecule has 0 fully saturated rings. The van der Waals surface area contributed by atoms with E-state index in [0.29, 0.717) is 11.6 Å². The van der Waals surface area contributed by atoms with Crippen LogP contribution in [0.4, 0.5) is 0 Å². The minimum Gasteiger partial charge on any atom is -0.408 e. The molecule has 4 nitrogen and oxygen atoms in total. The van der Waals surface area contributed by atoms with Crippen LogP contribution < -0.4 is 11.1 Å². The van der Waals surface area contributed by atoms with Crippen LogP contribution in [0.15, 0.2) is 27.4 Å². The number of oxazole rings is 1. The van der Waals surface area contributed by atoms with Gasteiger partial charge in [0.1, 0.15) is 0 Å². The third-order valence-electron chi connectivity index (χ3n) is 3.25. The Hall–Kier alpha value is -1.55. The summed E-state index contributed by atoms with van der Waals surface area (Å²) in [5.74, 6) is -0.308. The minimum atomic E-state index is -0.308. The summed E-state index contributed by atoms with van der Waals surface area (Å²) in [6.45, 7) is 5.21. The van der Waals surface area contributed by atoms with E-state index < -0.39 is 0 Å². The summed E-state index contributed by atoms with van der Waals surface area (Å²) in [5, 5.41) is 3.46. The number of rotatable bonds is 5. The van der Waals surface area contributed by atoms with Crippen LogP contribution in [-0.4, -0.2) is 11.1 Å². The third-order valence-corrected chi connectivity index (χ3v) is 3.25. The quantitative estimate of drug-likeness (QED) is 0.884. The summed E-state index contributed by atoms with van der Waals surface area (Å²) in [6.07, 6.45) is 2.20. The monoisotopic (exact) mass is 248 g/mol. The van der Waals surface area contributed by atoms with Crippen molar-refractivity contribution in [1.82, 2.24) is 9.88 Å². The number of benzene rings is 1. The first-order chi connectivity index (χ1) is 8.67. The highest BCUT2D eigenvalue weighted by Gasteiger charge is 2.12. The zero-order valence-corrected chi connectivity index (χ0v) is 11.2. The van der Waals surface area contributed by atoms with Crippen LogP contribution in [0.5, 0.6) is 0 Å². The number of nitrogens with one attached hydrogen (secondary N) is 1. The molecule has 4 heteroatoms. The number of aromatic nitrogens is 1. The first kappa shape index (κ1) is 12.9. The average Bonchev–Trinajstić information content (AvgIpc) is 2.64. The number of fused-ring (bicyclic) bond motifs is 1. The number of nitrogens with zero attached hydrogens (tertiary/aromatic N) is 1. The van der Waals surface area contributed by atoms with Gasteiger partial charge in [0.25, 0.3) is 0 Å². The molecule has 1 heterocycles. The molecule has 1 unspecified atom stereocenters. The maximum atomic E-state index is 11.5. The molecule has 2 aromatic rings. The molecule has 0 radical (unpaired) electrons. The summed E-state index contributed by atoms with van der Waals surface area (Å²) < 4.78 is 6.75. The fraction of sp³-hybridized carbons (Fsp3) is 0.500. The molecule has 0 amide bonds. The molecule has 0 aliphatic rings. The molecule has 1 aromatic carbocycles. The average molecular weight is 248 g/mol. The Labute approximate surface area is 107 Å². The maximum Gasteiger partial charge on any atom is 0.419 e. The van der Waals surface area contributed by atoms with Crippen molar-refractivity contribution in [2.24, 2.45) is 7.05 Å². The first-order valence-corrected chi connectivity index (χ1v) is 6.50. The van der Waals surface area contributed by atoms with Crippen LogP contribution in [-0.2, 0) is 7.05 Å². The van der Waals surface area contributed by atoms with Gasteiger partial charge in [-0.1, -0.05) is 26.3 Å². The topological polar surface area (TPSA) is 47.2 Å². The molecule has 0 saturated heterocycles. The van der Waals surface area contributed by atoms with E-state index in [2.05, 4.69) is 25.2 Å². The normalized spacial score (nSPS) is 13.1. The van der Waals surface area contributed by atoms with Gasteiger partial charge >= 0.3 is 5.76 Å². The summed E-state index contributed by atoms with van der Waals surface area (Å²) in [7, 11) is 1.72. The van der Waals surface area contributed by atoms with Crippen molar-refractivity contribution >= 4 is 11.1 Å². The van der Waals surface area contributed by atoms with Gasteiger partial charge in [0.15, 0.2) is 5.58 Å². The second-order valence-corrected chi connectivity index (χ2v) is 4.55. The van der Waals surface area contributed by atoms with Crippen LogP contribution in [0.25, 0.3) is 11.1 Å². The SMILES string of the molecule is CCCC(NCC)c1ccc2c(c1)oc(=O)n2C. The Balaban J connectivity index is 2.41. The fourth-order valence-electron chi connectivity index (χ4n) is 2.29.